The number of allylic oxidation sites excluding steroid dienone is 2. The zero-order valence-corrected chi connectivity index (χ0v) is 14.3. The summed E-state index contributed by atoms with van der Waals surface area (Å²) < 4.78 is 5.82. The number of anilines is 1. The van der Waals surface area contributed by atoms with Gasteiger partial charge in [-0.2, -0.15) is 0 Å². The maximum absolute atomic E-state index is 5.82. The van der Waals surface area contributed by atoms with Crippen LogP contribution in [0.15, 0.2) is 36.7 Å². The van der Waals surface area contributed by atoms with Gasteiger partial charge in [-0.3, -0.25) is 4.98 Å². The molecule has 1 fully saturated rings. The molecule has 124 valence electrons. The van der Waals surface area contributed by atoms with E-state index in [2.05, 4.69) is 27.4 Å². The van der Waals surface area contributed by atoms with Gasteiger partial charge in [0, 0.05) is 25.9 Å². The molecule has 1 aliphatic carbocycles. The molecular weight excluding hydrogens is 306 g/mol. The number of hydrogen-bond acceptors (Lipinski definition) is 3. The minimum absolute atomic E-state index is 0.308. The van der Waals surface area contributed by atoms with Crippen LogP contribution in [0.4, 0.5) is 5.69 Å². The van der Waals surface area contributed by atoms with Crippen LogP contribution < -0.4 is 5.32 Å². The van der Waals surface area contributed by atoms with Gasteiger partial charge < -0.3 is 15.0 Å². The van der Waals surface area contributed by atoms with E-state index in [0.29, 0.717) is 12.0 Å². The Hall–Kier alpha value is -1.46. The highest BCUT2D eigenvalue weighted by Gasteiger charge is 2.23. The van der Waals surface area contributed by atoms with Gasteiger partial charge in [-0.15, -0.1) is 0 Å². The number of rotatable bonds is 5. The van der Waals surface area contributed by atoms with Gasteiger partial charge in [0.15, 0.2) is 5.11 Å². The third-order valence-corrected chi connectivity index (χ3v) is 4.86. The lowest BCUT2D eigenvalue weighted by Crippen LogP contribution is -2.42. The number of nitrogens with zero attached hydrogens (tertiary/aromatic N) is 2. The second-order valence-corrected chi connectivity index (χ2v) is 6.75. The molecule has 3 rings (SSSR count). The number of ether oxygens (including phenoxy) is 1. The van der Waals surface area contributed by atoms with Crippen molar-refractivity contribution in [3.63, 3.8) is 0 Å². The predicted molar refractivity (Wildman–Crippen MR) is 97.5 cm³/mol. The Morgan fingerprint density at radius 3 is 3.00 bits per heavy atom. The Bertz CT molecular complexity index is 528. The van der Waals surface area contributed by atoms with E-state index in [1.165, 1.54) is 12.8 Å². The molecule has 1 N–H and O–H groups in total. The molecule has 2 atom stereocenters. The van der Waals surface area contributed by atoms with E-state index in [0.717, 1.165) is 49.8 Å². The Balaban J connectivity index is 1.62. The van der Waals surface area contributed by atoms with Gasteiger partial charge in [0.25, 0.3) is 0 Å². The van der Waals surface area contributed by atoms with E-state index in [4.69, 9.17) is 17.0 Å². The minimum Gasteiger partial charge on any atom is -0.376 e. The van der Waals surface area contributed by atoms with E-state index >= 15 is 0 Å². The van der Waals surface area contributed by atoms with E-state index in [-0.39, 0.29) is 0 Å². The molecule has 0 amide bonds. The summed E-state index contributed by atoms with van der Waals surface area (Å²) in [6, 6.07) is 3.91. The van der Waals surface area contributed by atoms with Crippen LogP contribution in [0.25, 0.3) is 0 Å². The highest BCUT2D eigenvalue weighted by Crippen LogP contribution is 2.21. The number of aromatic nitrogens is 1. The molecule has 4 nitrogen and oxygen atoms in total. The molecule has 5 heteroatoms. The zero-order valence-electron chi connectivity index (χ0n) is 13.5. The van der Waals surface area contributed by atoms with Crippen molar-refractivity contribution < 1.29 is 4.74 Å². The number of nitrogens with one attached hydrogen (secondary N) is 1. The summed E-state index contributed by atoms with van der Waals surface area (Å²) in [5, 5.41) is 4.11. The lowest BCUT2D eigenvalue weighted by atomic mass is 9.94. The highest BCUT2D eigenvalue weighted by molar-refractivity contribution is 7.80. The summed E-state index contributed by atoms with van der Waals surface area (Å²) in [4.78, 5) is 6.44. The molecule has 0 aromatic carbocycles. The first kappa shape index (κ1) is 16.4. The zero-order chi connectivity index (χ0) is 15.9. The van der Waals surface area contributed by atoms with Crippen molar-refractivity contribution in [1.29, 1.82) is 0 Å². The molecule has 1 aliphatic heterocycles. The van der Waals surface area contributed by atoms with E-state index in [1.54, 1.807) is 12.4 Å². The molecule has 0 spiro atoms. The Labute approximate surface area is 143 Å². The average molecular weight is 331 g/mol. The lowest BCUT2D eigenvalue weighted by molar-refractivity contribution is 0.0882. The summed E-state index contributed by atoms with van der Waals surface area (Å²) >= 11 is 5.67. The molecule has 0 saturated carbocycles. The maximum Gasteiger partial charge on any atom is 0.173 e. The largest absolute Gasteiger partial charge is 0.376 e. The van der Waals surface area contributed by atoms with Crippen molar-refractivity contribution in [3.8, 4) is 0 Å². The first-order valence-corrected chi connectivity index (χ1v) is 8.94. The van der Waals surface area contributed by atoms with Crippen molar-refractivity contribution >= 4 is 23.0 Å². The van der Waals surface area contributed by atoms with Gasteiger partial charge >= 0.3 is 0 Å². The molecule has 2 heterocycles. The molecular formula is C18H25N3OS. The second kappa shape index (κ2) is 8.41. The first-order valence-electron chi connectivity index (χ1n) is 8.54. The van der Waals surface area contributed by atoms with Crippen LogP contribution in [0.2, 0.25) is 0 Å². The smallest absolute Gasteiger partial charge is 0.173 e. The fourth-order valence-electron chi connectivity index (χ4n) is 3.25. The Morgan fingerprint density at radius 1 is 1.35 bits per heavy atom. The third kappa shape index (κ3) is 5.01. The standard InChI is InChI=1S/C18H25N3OS/c23-18(20-16-8-4-10-19-12-16)21(14-17-9-5-11-22-17)13-15-6-2-1-3-7-15/h1-2,4,8,10,12,15,17H,3,5-7,9,11,13-14H2,(H,20,23)/t15-,17-/m1/s1. The predicted octanol–water partition coefficient (Wildman–Crippen LogP) is 3.62. The first-order chi connectivity index (χ1) is 11.3. The summed E-state index contributed by atoms with van der Waals surface area (Å²) in [5.74, 6) is 0.676. The quantitative estimate of drug-likeness (QED) is 0.659. The Morgan fingerprint density at radius 2 is 2.30 bits per heavy atom. The van der Waals surface area contributed by atoms with Gasteiger partial charge in [0.1, 0.15) is 0 Å². The minimum atomic E-state index is 0.308. The van der Waals surface area contributed by atoms with Crippen LogP contribution in [0.1, 0.15) is 32.1 Å². The molecule has 0 unspecified atom stereocenters. The molecule has 0 bridgehead atoms. The summed E-state index contributed by atoms with van der Waals surface area (Å²) in [6.45, 7) is 2.76. The van der Waals surface area contributed by atoms with Gasteiger partial charge in [-0.05, 0) is 62.4 Å². The van der Waals surface area contributed by atoms with E-state index < -0.39 is 0 Å². The van der Waals surface area contributed by atoms with Crippen LogP contribution in [-0.2, 0) is 4.74 Å². The van der Waals surface area contributed by atoms with Crippen molar-refractivity contribution in [2.75, 3.05) is 25.0 Å². The molecule has 1 aromatic heterocycles. The van der Waals surface area contributed by atoms with Gasteiger partial charge in [-0.1, -0.05) is 12.2 Å². The van der Waals surface area contributed by atoms with Crippen molar-refractivity contribution in [2.45, 2.75) is 38.2 Å². The molecule has 0 radical (unpaired) electrons. The molecule has 23 heavy (non-hydrogen) atoms. The number of thiocarbonyl (C=S) groups is 1. The normalized spacial score (nSPS) is 23.7. The second-order valence-electron chi connectivity index (χ2n) is 6.36. The van der Waals surface area contributed by atoms with Crippen molar-refractivity contribution in [3.05, 3.63) is 36.7 Å². The third-order valence-electron chi connectivity index (χ3n) is 4.50. The summed E-state index contributed by atoms with van der Waals surface area (Å²) in [6.07, 6.45) is 14.3. The van der Waals surface area contributed by atoms with Crippen LogP contribution in [-0.4, -0.2) is 40.8 Å². The van der Waals surface area contributed by atoms with E-state index in [9.17, 15) is 0 Å². The van der Waals surface area contributed by atoms with Crippen LogP contribution in [0, 0.1) is 5.92 Å². The molecule has 1 saturated heterocycles. The van der Waals surface area contributed by atoms with Gasteiger partial charge in [-0.25, -0.2) is 0 Å². The van der Waals surface area contributed by atoms with Crippen molar-refractivity contribution in [2.24, 2.45) is 5.92 Å². The number of hydrogen-bond donors (Lipinski definition) is 1. The topological polar surface area (TPSA) is 37.4 Å². The summed E-state index contributed by atoms with van der Waals surface area (Å²) in [5.41, 5.74) is 0.943. The van der Waals surface area contributed by atoms with Gasteiger partial charge in [0.2, 0.25) is 0 Å². The fourth-order valence-corrected chi connectivity index (χ4v) is 3.51. The highest BCUT2D eigenvalue weighted by atomic mass is 32.1. The summed E-state index contributed by atoms with van der Waals surface area (Å²) in [7, 11) is 0. The van der Waals surface area contributed by atoms with Crippen LogP contribution in [0.3, 0.4) is 0 Å². The fraction of sp³-hybridized carbons (Fsp3) is 0.556. The number of pyridine rings is 1. The molecule has 1 aromatic rings. The van der Waals surface area contributed by atoms with Gasteiger partial charge in [0.05, 0.1) is 18.0 Å². The SMILES string of the molecule is S=C(Nc1cccnc1)N(C[C@@H]1CC=CCC1)C[C@H]1CCCO1. The Kier molecular flexibility index (Phi) is 6.00. The average Bonchev–Trinajstić information content (AvgIpc) is 3.09. The van der Waals surface area contributed by atoms with Crippen molar-refractivity contribution in [1.82, 2.24) is 9.88 Å². The van der Waals surface area contributed by atoms with E-state index in [1.807, 2.05) is 12.1 Å². The maximum atomic E-state index is 5.82. The van der Waals surface area contributed by atoms with Crippen LogP contribution in [0.5, 0.6) is 0 Å². The monoisotopic (exact) mass is 331 g/mol. The van der Waals surface area contributed by atoms with Crippen LogP contribution >= 0.6 is 12.2 Å². The lowest BCUT2D eigenvalue weighted by Gasteiger charge is -2.32. The molecule has 2 aliphatic rings.